The minimum absolute atomic E-state index is 0.250. The van der Waals surface area contributed by atoms with Crippen molar-refractivity contribution in [3.8, 4) is 0 Å². The molecule has 0 saturated heterocycles. The molecule has 0 atom stereocenters. The Hall–Kier alpha value is -1.97. The van der Waals surface area contributed by atoms with Gasteiger partial charge in [-0.05, 0) is 19.1 Å². The summed E-state index contributed by atoms with van der Waals surface area (Å²) in [6.07, 6.45) is 5.57. The van der Waals surface area contributed by atoms with Gasteiger partial charge >= 0.3 is 5.97 Å². The lowest BCUT2D eigenvalue weighted by atomic mass is 10.2. The van der Waals surface area contributed by atoms with Gasteiger partial charge in [-0.15, -0.1) is 0 Å². The van der Waals surface area contributed by atoms with Crippen LogP contribution in [0.1, 0.15) is 12.5 Å². The summed E-state index contributed by atoms with van der Waals surface area (Å²) in [7, 11) is 0. The Balaban J connectivity index is 2.62. The van der Waals surface area contributed by atoms with Gasteiger partial charge in [-0.3, -0.25) is 0 Å². The predicted octanol–water partition coefficient (Wildman–Crippen LogP) is 3.10. The second kappa shape index (κ2) is 6.58. The summed E-state index contributed by atoms with van der Waals surface area (Å²) in [5.74, 6) is -1.73. The number of ether oxygens (including phenoxy) is 1. The molecule has 0 radical (unpaired) electrons. The highest BCUT2D eigenvalue weighted by Crippen LogP contribution is 2.10. The average Bonchev–Trinajstić information content (AvgIpc) is 2.27. The van der Waals surface area contributed by atoms with E-state index in [0.717, 1.165) is 12.1 Å². The molecule has 0 spiro atoms. The topological polar surface area (TPSA) is 26.3 Å². The fourth-order valence-electron chi connectivity index (χ4n) is 1.12. The summed E-state index contributed by atoms with van der Waals surface area (Å²) in [6, 6.07) is 3.28. The maximum absolute atomic E-state index is 13.2. The molecule has 4 heteroatoms. The van der Waals surface area contributed by atoms with Gasteiger partial charge in [0.15, 0.2) is 0 Å². The minimum Gasteiger partial charge on any atom is -0.463 e. The van der Waals surface area contributed by atoms with Gasteiger partial charge in [0, 0.05) is 17.7 Å². The van der Waals surface area contributed by atoms with Crippen molar-refractivity contribution >= 4 is 12.0 Å². The van der Waals surface area contributed by atoms with Crippen molar-refractivity contribution in [1.82, 2.24) is 0 Å². The van der Waals surface area contributed by atoms with E-state index >= 15 is 0 Å². The summed E-state index contributed by atoms with van der Waals surface area (Å²) >= 11 is 0. The van der Waals surface area contributed by atoms with Gasteiger partial charge in [0.2, 0.25) is 0 Å². The molecule has 90 valence electrons. The molecule has 0 aliphatic heterocycles. The number of allylic oxidation sites excluding steroid dienone is 2. The Morgan fingerprint density at radius 1 is 1.35 bits per heavy atom. The zero-order chi connectivity index (χ0) is 12.7. The van der Waals surface area contributed by atoms with Crippen LogP contribution in [0.25, 0.3) is 6.08 Å². The zero-order valence-corrected chi connectivity index (χ0v) is 9.32. The number of halogens is 2. The van der Waals surface area contributed by atoms with Crippen molar-refractivity contribution in [2.75, 3.05) is 6.61 Å². The third-order valence-corrected chi connectivity index (χ3v) is 1.87. The van der Waals surface area contributed by atoms with Crippen LogP contribution in [-0.2, 0) is 9.53 Å². The molecule has 0 unspecified atom stereocenters. The number of esters is 1. The highest BCUT2D eigenvalue weighted by molar-refractivity contribution is 5.82. The average molecular weight is 238 g/mol. The Bertz CT molecular complexity index is 451. The van der Waals surface area contributed by atoms with Crippen LogP contribution in [0.5, 0.6) is 0 Å². The lowest BCUT2D eigenvalue weighted by molar-refractivity contribution is -0.137. The van der Waals surface area contributed by atoms with E-state index in [4.69, 9.17) is 0 Å². The molecule has 1 aromatic rings. The van der Waals surface area contributed by atoms with Crippen molar-refractivity contribution in [3.63, 3.8) is 0 Å². The first-order valence-corrected chi connectivity index (χ1v) is 5.10. The molecule has 0 saturated carbocycles. The molecule has 0 aliphatic rings. The quantitative estimate of drug-likeness (QED) is 0.457. The van der Waals surface area contributed by atoms with Gasteiger partial charge in [-0.1, -0.05) is 18.2 Å². The Kier molecular flexibility index (Phi) is 5.07. The van der Waals surface area contributed by atoms with Crippen LogP contribution in [0.2, 0.25) is 0 Å². The molecule has 0 fully saturated rings. The van der Waals surface area contributed by atoms with Gasteiger partial charge in [0.25, 0.3) is 0 Å². The van der Waals surface area contributed by atoms with Crippen molar-refractivity contribution in [3.05, 3.63) is 53.6 Å². The molecular weight excluding hydrogens is 226 g/mol. The molecule has 0 aliphatic carbocycles. The zero-order valence-electron chi connectivity index (χ0n) is 9.32. The first-order chi connectivity index (χ1) is 8.13. The minimum atomic E-state index is -0.647. The molecule has 0 N–H and O–H groups in total. The number of rotatable bonds is 4. The van der Waals surface area contributed by atoms with E-state index in [0.29, 0.717) is 6.61 Å². The van der Waals surface area contributed by atoms with Crippen molar-refractivity contribution in [1.29, 1.82) is 0 Å². The molecule has 0 aromatic heterocycles. The molecular formula is C13H12F2O2. The predicted molar refractivity (Wildman–Crippen MR) is 61.2 cm³/mol. The fraction of sp³-hybridized carbons (Fsp3) is 0.154. The van der Waals surface area contributed by atoms with Crippen LogP contribution in [0.3, 0.4) is 0 Å². The molecule has 0 heterocycles. The van der Waals surface area contributed by atoms with E-state index in [2.05, 4.69) is 4.74 Å². The van der Waals surface area contributed by atoms with Gasteiger partial charge in [0.1, 0.15) is 11.6 Å². The van der Waals surface area contributed by atoms with Crippen molar-refractivity contribution in [2.45, 2.75) is 6.92 Å². The highest BCUT2D eigenvalue weighted by atomic mass is 19.1. The SMILES string of the molecule is CCOC(=O)/C=C/C=C/c1ccc(F)cc1F. The van der Waals surface area contributed by atoms with Gasteiger partial charge in [-0.2, -0.15) is 0 Å². The second-order valence-electron chi connectivity index (χ2n) is 3.14. The van der Waals surface area contributed by atoms with Crippen molar-refractivity contribution < 1.29 is 18.3 Å². The summed E-state index contributed by atoms with van der Waals surface area (Å²) in [5.41, 5.74) is 0.250. The van der Waals surface area contributed by atoms with Crippen LogP contribution < -0.4 is 0 Å². The summed E-state index contributed by atoms with van der Waals surface area (Å²) in [6.45, 7) is 2.01. The fourth-order valence-corrected chi connectivity index (χ4v) is 1.12. The van der Waals surface area contributed by atoms with E-state index < -0.39 is 17.6 Å². The summed E-state index contributed by atoms with van der Waals surface area (Å²) < 4.78 is 30.4. The van der Waals surface area contributed by atoms with Crippen LogP contribution in [0.4, 0.5) is 8.78 Å². The molecule has 17 heavy (non-hydrogen) atoms. The second-order valence-corrected chi connectivity index (χ2v) is 3.14. The normalized spacial score (nSPS) is 11.2. The monoisotopic (exact) mass is 238 g/mol. The molecule has 2 nitrogen and oxygen atoms in total. The molecule has 0 amide bonds. The lowest BCUT2D eigenvalue weighted by Gasteiger charge is -1.95. The van der Waals surface area contributed by atoms with E-state index in [1.54, 1.807) is 6.92 Å². The molecule has 1 rings (SSSR count). The van der Waals surface area contributed by atoms with Crippen LogP contribution in [0.15, 0.2) is 36.4 Å². The Morgan fingerprint density at radius 3 is 2.76 bits per heavy atom. The van der Waals surface area contributed by atoms with E-state index in [1.807, 2.05) is 0 Å². The Labute approximate surface area is 98.2 Å². The first kappa shape index (κ1) is 13.1. The Morgan fingerprint density at radius 2 is 2.12 bits per heavy atom. The number of hydrogen-bond donors (Lipinski definition) is 0. The van der Waals surface area contributed by atoms with Gasteiger partial charge < -0.3 is 4.74 Å². The van der Waals surface area contributed by atoms with Gasteiger partial charge in [0.05, 0.1) is 6.61 Å². The summed E-state index contributed by atoms with van der Waals surface area (Å²) in [4.78, 5) is 10.9. The van der Waals surface area contributed by atoms with E-state index in [1.165, 1.54) is 30.4 Å². The smallest absolute Gasteiger partial charge is 0.330 e. The maximum Gasteiger partial charge on any atom is 0.330 e. The molecule has 0 bridgehead atoms. The number of carbonyl (C=O) groups excluding carboxylic acids is 1. The largest absolute Gasteiger partial charge is 0.463 e. The van der Waals surface area contributed by atoms with Gasteiger partial charge in [-0.25, -0.2) is 13.6 Å². The number of hydrogen-bond acceptors (Lipinski definition) is 2. The van der Waals surface area contributed by atoms with Crippen molar-refractivity contribution in [2.24, 2.45) is 0 Å². The lowest BCUT2D eigenvalue weighted by Crippen LogP contribution is -1.98. The van der Waals surface area contributed by atoms with Crippen LogP contribution in [-0.4, -0.2) is 12.6 Å². The number of carbonyl (C=O) groups is 1. The standard InChI is InChI=1S/C13H12F2O2/c1-2-17-13(16)6-4-3-5-10-7-8-11(14)9-12(10)15/h3-9H,2H2,1H3/b5-3+,6-4+. The van der Waals surface area contributed by atoms with Crippen LogP contribution in [0, 0.1) is 11.6 Å². The third kappa shape index (κ3) is 4.59. The molecule has 1 aromatic carbocycles. The maximum atomic E-state index is 13.2. The first-order valence-electron chi connectivity index (χ1n) is 5.10. The van der Waals surface area contributed by atoms with E-state index in [-0.39, 0.29) is 5.56 Å². The summed E-state index contributed by atoms with van der Waals surface area (Å²) in [5, 5.41) is 0. The van der Waals surface area contributed by atoms with Crippen LogP contribution >= 0.6 is 0 Å². The van der Waals surface area contributed by atoms with E-state index in [9.17, 15) is 13.6 Å². The number of benzene rings is 1. The highest BCUT2D eigenvalue weighted by Gasteiger charge is 1.99. The third-order valence-electron chi connectivity index (χ3n) is 1.87.